The Morgan fingerprint density at radius 3 is 3.17 bits per heavy atom. The van der Waals surface area contributed by atoms with E-state index in [9.17, 15) is 0 Å². The third kappa shape index (κ3) is 2.49. The molecular weight excluding hydrogens is 268 g/mol. The molecule has 18 heavy (non-hydrogen) atoms. The molecule has 7 heteroatoms. The number of nitrogens with one attached hydrogen (secondary N) is 1. The first-order chi connectivity index (χ1) is 8.77. The molecule has 0 radical (unpaired) electrons. The summed E-state index contributed by atoms with van der Waals surface area (Å²) in [5, 5.41) is 0. The van der Waals surface area contributed by atoms with Crippen LogP contribution in [0, 0.1) is 17.1 Å². The van der Waals surface area contributed by atoms with Gasteiger partial charge in [-0.1, -0.05) is 5.92 Å². The molecule has 0 amide bonds. The minimum absolute atomic E-state index is 0.501. The molecule has 0 aromatic carbocycles. The Kier molecular flexibility index (Phi) is 4.23. The number of H-pyrrole nitrogens is 1. The zero-order valence-electron chi connectivity index (χ0n) is 9.84. The molecular formula is C11H12N4OS2. The van der Waals surface area contributed by atoms with Crippen LogP contribution in [0.5, 0.6) is 5.88 Å². The van der Waals surface area contributed by atoms with E-state index in [1.54, 1.807) is 18.9 Å². The Morgan fingerprint density at radius 1 is 1.61 bits per heavy atom. The van der Waals surface area contributed by atoms with Gasteiger partial charge < -0.3 is 14.3 Å². The summed E-state index contributed by atoms with van der Waals surface area (Å²) in [5.74, 6) is 4.68. The van der Waals surface area contributed by atoms with E-state index >= 15 is 0 Å². The van der Waals surface area contributed by atoms with Crippen molar-refractivity contribution >= 4 is 35.1 Å². The van der Waals surface area contributed by atoms with Crippen molar-refractivity contribution in [1.82, 2.24) is 19.5 Å². The predicted octanol–water partition coefficient (Wildman–Crippen LogP) is 1.86. The minimum Gasteiger partial charge on any atom is -0.479 e. The number of fused-ring (bicyclic) bond motifs is 1. The topological polar surface area (TPSA) is 55.7 Å². The molecule has 0 saturated carbocycles. The molecule has 0 aliphatic rings. The molecule has 0 unspecified atom stereocenters. The molecule has 0 bridgehead atoms. The van der Waals surface area contributed by atoms with Gasteiger partial charge in [-0.3, -0.25) is 0 Å². The van der Waals surface area contributed by atoms with E-state index in [4.69, 9.17) is 23.4 Å². The van der Waals surface area contributed by atoms with E-state index in [0.717, 1.165) is 23.5 Å². The summed E-state index contributed by atoms with van der Waals surface area (Å²) in [6, 6.07) is 0. The smallest absolute Gasteiger partial charge is 0.242 e. The van der Waals surface area contributed by atoms with Gasteiger partial charge >= 0.3 is 0 Å². The van der Waals surface area contributed by atoms with Gasteiger partial charge in [0.15, 0.2) is 10.4 Å². The molecule has 1 N–H and O–H groups in total. The molecule has 2 rings (SSSR count). The average molecular weight is 280 g/mol. The highest BCUT2D eigenvalue weighted by Crippen LogP contribution is 2.20. The number of thioether (sulfide) groups is 1. The van der Waals surface area contributed by atoms with E-state index in [1.165, 1.54) is 6.33 Å². The summed E-state index contributed by atoms with van der Waals surface area (Å²) in [7, 11) is 1.57. The van der Waals surface area contributed by atoms with Gasteiger partial charge in [0.25, 0.3) is 0 Å². The molecule has 5 nitrogen and oxygen atoms in total. The third-order valence-electron chi connectivity index (χ3n) is 2.36. The molecule has 0 saturated heterocycles. The number of rotatable bonds is 5. The number of nitrogens with zero attached hydrogens (tertiary/aromatic N) is 3. The quantitative estimate of drug-likeness (QED) is 0.515. The number of terminal acetylenes is 1. The number of aromatic nitrogens is 4. The summed E-state index contributed by atoms with van der Waals surface area (Å²) in [6.45, 7) is 0.755. The fourth-order valence-corrected chi connectivity index (χ4v) is 2.45. The van der Waals surface area contributed by atoms with Gasteiger partial charge in [-0.25, -0.2) is 4.98 Å². The maximum Gasteiger partial charge on any atom is 0.242 e. The lowest BCUT2D eigenvalue weighted by molar-refractivity contribution is 0.401. The first-order valence-electron chi connectivity index (χ1n) is 5.26. The van der Waals surface area contributed by atoms with Crippen LogP contribution in [0.4, 0.5) is 0 Å². The van der Waals surface area contributed by atoms with Gasteiger partial charge in [0.05, 0.1) is 12.9 Å². The van der Waals surface area contributed by atoms with Crippen molar-refractivity contribution in [2.24, 2.45) is 0 Å². The van der Waals surface area contributed by atoms with E-state index in [2.05, 4.69) is 20.9 Å². The number of aromatic amines is 1. The zero-order valence-corrected chi connectivity index (χ0v) is 11.5. The molecule has 2 aromatic rings. The SMILES string of the molecule is C#CCSCCn1c(=S)[nH]c2c(OC)ncnc21. The zero-order chi connectivity index (χ0) is 13.0. The summed E-state index contributed by atoms with van der Waals surface area (Å²) < 4.78 is 7.71. The Balaban J connectivity index is 2.31. The van der Waals surface area contributed by atoms with Gasteiger partial charge in [0.1, 0.15) is 11.8 Å². The second kappa shape index (κ2) is 5.89. The highest BCUT2D eigenvalue weighted by Gasteiger charge is 2.10. The second-order valence-corrected chi connectivity index (χ2v) is 4.91. The van der Waals surface area contributed by atoms with Crippen LogP contribution in [0.25, 0.3) is 11.2 Å². The Hall–Kier alpha value is -1.52. The van der Waals surface area contributed by atoms with Crippen molar-refractivity contribution in [2.45, 2.75) is 6.54 Å². The number of aryl methyl sites for hydroxylation is 1. The summed E-state index contributed by atoms with van der Waals surface area (Å²) in [5.41, 5.74) is 1.49. The van der Waals surface area contributed by atoms with E-state index < -0.39 is 0 Å². The summed E-state index contributed by atoms with van der Waals surface area (Å²) in [6.07, 6.45) is 6.67. The number of hydrogen-bond donors (Lipinski definition) is 1. The van der Waals surface area contributed by atoms with Gasteiger partial charge in [-0.15, -0.1) is 18.2 Å². The Bertz CT molecular complexity index is 641. The first kappa shape index (κ1) is 12.9. The predicted molar refractivity (Wildman–Crippen MR) is 75.4 cm³/mol. The molecule has 0 atom stereocenters. The van der Waals surface area contributed by atoms with E-state index in [1.807, 2.05) is 4.57 Å². The molecule has 0 spiro atoms. The van der Waals surface area contributed by atoms with Crippen LogP contribution < -0.4 is 4.74 Å². The lowest BCUT2D eigenvalue weighted by atomic mass is 10.5. The van der Waals surface area contributed by atoms with Crippen LogP contribution in [-0.4, -0.2) is 38.1 Å². The fraction of sp³-hybridized carbons (Fsp3) is 0.364. The van der Waals surface area contributed by atoms with Crippen LogP contribution in [0.3, 0.4) is 0 Å². The molecule has 0 aliphatic carbocycles. The van der Waals surface area contributed by atoms with Gasteiger partial charge in [0.2, 0.25) is 5.88 Å². The van der Waals surface area contributed by atoms with Crippen molar-refractivity contribution < 1.29 is 4.74 Å². The highest BCUT2D eigenvalue weighted by molar-refractivity contribution is 7.99. The van der Waals surface area contributed by atoms with Crippen LogP contribution in [0.1, 0.15) is 0 Å². The second-order valence-electron chi connectivity index (χ2n) is 3.42. The van der Waals surface area contributed by atoms with Crippen LogP contribution >= 0.6 is 24.0 Å². The van der Waals surface area contributed by atoms with E-state index in [-0.39, 0.29) is 0 Å². The Morgan fingerprint density at radius 2 is 2.44 bits per heavy atom. The normalized spacial score (nSPS) is 10.4. The lowest BCUT2D eigenvalue weighted by Gasteiger charge is -2.03. The number of methoxy groups -OCH3 is 1. The van der Waals surface area contributed by atoms with Gasteiger partial charge in [0, 0.05) is 12.3 Å². The third-order valence-corrected chi connectivity index (χ3v) is 3.53. The minimum atomic E-state index is 0.501. The van der Waals surface area contributed by atoms with Crippen LogP contribution in [-0.2, 0) is 6.54 Å². The summed E-state index contributed by atoms with van der Waals surface area (Å²) >= 11 is 6.96. The monoisotopic (exact) mass is 280 g/mol. The van der Waals surface area contributed by atoms with Crippen molar-refractivity contribution in [3.63, 3.8) is 0 Å². The van der Waals surface area contributed by atoms with Gasteiger partial charge in [-0.05, 0) is 12.2 Å². The number of ether oxygens (including phenoxy) is 1. The summed E-state index contributed by atoms with van der Waals surface area (Å²) in [4.78, 5) is 11.3. The van der Waals surface area contributed by atoms with Crippen molar-refractivity contribution in [2.75, 3.05) is 18.6 Å². The van der Waals surface area contributed by atoms with Crippen LogP contribution in [0.15, 0.2) is 6.33 Å². The molecule has 2 heterocycles. The molecule has 0 fully saturated rings. The lowest BCUT2D eigenvalue weighted by Crippen LogP contribution is -2.02. The number of hydrogen-bond acceptors (Lipinski definition) is 5. The fourth-order valence-electron chi connectivity index (χ4n) is 1.59. The first-order valence-corrected chi connectivity index (χ1v) is 6.83. The Labute approximate surface area is 114 Å². The number of imidazole rings is 1. The van der Waals surface area contributed by atoms with E-state index in [0.29, 0.717) is 16.4 Å². The van der Waals surface area contributed by atoms with Gasteiger partial charge in [-0.2, -0.15) is 4.98 Å². The highest BCUT2D eigenvalue weighted by atomic mass is 32.2. The maximum absolute atomic E-state index is 5.27. The molecule has 0 aliphatic heterocycles. The van der Waals surface area contributed by atoms with Crippen molar-refractivity contribution in [3.05, 3.63) is 11.1 Å². The maximum atomic E-state index is 5.27. The molecule has 94 valence electrons. The van der Waals surface area contributed by atoms with Crippen molar-refractivity contribution in [3.8, 4) is 18.2 Å². The standard InChI is InChI=1S/C11H12N4OS2/c1-3-5-18-6-4-15-9-8(14-11(15)17)10(16-2)13-7-12-9/h1,7H,4-6H2,2H3,(H,14,17). The largest absolute Gasteiger partial charge is 0.479 e. The van der Waals surface area contributed by atoms with Crippen molar-refractivity contribution in [1.29, 1.82) is 0 Å². The van der Waals surface area contributed by atoms with Crippen LogP contribution in [0.2, 0.25) is 0 Å². The molecule has 2 aromatic heterocycles. The average Bonchev–Trinajstić information content (AvgIpc) is 2.70.